The molecule has 2 aliphatic heterocycles. The number of likely N-dealkylation sites (tertiary alicyclic amines) is 1. The van der Waals surface area contributed by atoms with E-state index in [1.54, 1.807) is 4.90 Å². The van der Waals surface area contributed by atoms with Gasteiger partial charge in [0.1, 0.15) is 0 Å². The van der Waals surface area contributed by atoms with Gasteiger partial charge in [-0.05, 0) is 32.6 Å². The largest absolute Gasteiger partial charge is 0.333 e. The molecule has 6 nitrogen and oxygen atoms in total. The van der Waals surface area contributed by atoms with Gasteiger partial charge in [-0.15, -0.1) is 0 Å². The van der Waals surface area contributed by atoms with Crippen molar-refractivity contribution in [3.63, 3.8) is 0 Å². The number of nitrogens with zero attached hydrogens (tertiary/aromatic N) is 2. The predicted molar refractivity (Wildman–Crippen MR) is 74.9 cm³/mol. The Kier molecular flexibility index (Phi) is 4.36. The summed E-state index contributed by atoms with van der Waals surface area (Å²) < 4.78 is 22.9. The molecule has 0 aromatic rings. The fraction of sp³-hybridized carbons (Fsp3) is 0.846. The second kappa shape index (κ2) is 5.71. The lowest BCUT2D eigenvalue weighted by Gasteiger charge is -2.34. The molecule has 0 bridgehead atoms. The van der Waals surface area contributed by atoms with E-state index in [4.69, 9.17) is 0 Å². The summed E-state index contributed by atoms with van der Waals surface area (Å²) in [5.74, 6) is -1.01. The van der Waals surface area contributed by atoms with E-state index in [0.717, 1.165) is 19.3 Å². The van der Waals surface area contributed by atoms with E-state index in [9.17, 15) is 18.0 Å². The first-order valence-corrected chi connectivity index (χ1v) is 8.92. The Morgan fingerprint density at radius 2 is 1.90 bits per heavy atom. The van der Waals surface area contributed by atoms with Crippen LogP contribution in [0.1, 0.15) is 32.6 Å². The highest BCUT2D eigenvalue weighted by atomic mass is 32.2. The van der Waals surface area contributed by atoms with Gasteiger partial charge in [0, 0.05) is 25.7 Å². The Hall–Kier alpha value is -1.11. The van der Waals surface area contributed by atoms with Gasteiger partial charge in [0.05, 0.1) is 11.5 Å². The van der Waals surface area contributed by atoms with Crippen molar-refractivity contribution in [1.82, 2.24) is 9.80 Å². The van der Waals surface area contributed by atoms with Gasteiger partial charge < -0.3 is 9.80 Å². The molecule has 0 N–H and O–H groups in total. The number of sulfone groups is 1. The summed E-state index contributed by atoms with van der Waals surface area (Å²) in [7, 11) is -1.53. The Bertz CT molecular complexity index is 503. The number of carbonyl (C=O) groups is 2. The van der Waals surface area contributed by atoms with Crippen molar-refractivity contribution in [3.8, 4) is 0 Å². The lowest BCUT2D eigenvalue weighted by atomic mass is 10.0. The van der Waals surface area contributed by atoms with Crippen molar-refractivity contribution in [2.45, 2.75) is 44.7 Å². The summed E-state index contributed by atoms with van der Waals surface area (Å²) in [5, 5.41) is 0. The summed E-state index contributed by atoms with van der Waals surface area (Å²) >= 11 is 0. The van der Waals surface area contributed by atoms with E-state index in [0.29, 0.717) is 13.0 Å². The monoisotopic (exact) mass is 302 g/mol. The zero-order chi connectivity index (χ0) is 14.9. The highest BCUT2D eigenvalue weighted by molar-refractivity contribution is 7.91. The Morgan fingerprint density at radius 1 is 1.20 bits per heavy atom. The molecular formula is C13H22N2O4S. The van der Waals surface area contributed by atoms with E-state index in [1.807, 2.05) is 6.92 Å². The van der Waals surface area contributed by atoms with E-state index in [2.05, 4.69) is 0 Å². The van der Waals surface area contributed by atoms with Gasteiger partial charge in [-0.3, -0.25) is 9.59 Å². The summed E-state index contributed by atoms with van der Waals surface area (Å²) in [6, 6.07) is -0.280. The van der Waals surface area contributed by atoms with Crippen LogP contribution in [-0.2, 0) is 19.4 Å². The number of hydrogen-bond donors (Lipinski definition) is 0. The molecule has 2 aliphatic rings. The summed E-state index contributed by atoms with van der Waals surface area (Å²) in [6.07, 6.45) is 3.34. The Labute approximate surface area is 120 Å². The van der Waals surface area contributed by atoms with Gasteiger partial charge >= 0.3 is 11.8 Å². The molecule has 2 heterocycles. The fourth-order valence-corrected chi connectivity index (χ4v) is 4.69. The van der Waals surface area contributed by atoms with Gasteiger partial charge in [0.15, 0.2) is 9.84 Å². The molecular weight excluding hydrogens is 280 g/mol. The van der Waals surface area contributed by atoms with Crippen molar-refractivity contribution >= 4 is 21.7 Å². The van der Waals surface area contributed by atoms with Crippen molar-refractivity contribution in [3.05, 3.63) is 0 Å². The first-order chi connectivity index (χ1) is 9.32. The molecule has 0 radical (unpaired) electrons. The molecule has 2 atom stereocenters. The van der Waals surface area contributed by atoms with Crippen LogP contribution in [0.4, 0.5) is 0 Å². The molecule has 0 aromatic carbocycles. The third kappa shape index (κ3) is 3.13. The fourth-order valence-electron chi connectivity index (χ4n) is 2.92. The number of piperidine rings is 1. The third-order valence-electron chi connectivity index (χ3n) is 4.32. The molecule has 0 aromatic heterocycles. The van der Waals surface area contributed by atoms with Gasteiger partial charge in [-0.2, -0.15) is 0 Å². The molecule has 2 unspecified atom stereocenters. The molecule has 114 valence electrons. The number of hydrogen-bond acceptors (Lipinski definition) is 4. The number of carbonyl (C=O) groups excluding carboxylic acids is 2. The van der Waals surface area contributed by atoms with E-state index in [-0.39, 0.29) is 23.6 Å². The van der Waals surface area contributed by atoms with E-state index >= 15 is 0 Å². The molecule has 0 saturated carbocycles. The van der Waals surface area contributed by atoms with Crippen LogP contribution in [0, 0.1) is 0 Å². The van der Waals surface area contributed by atoms with Gasteiger partial charge in [0.25, 0.3) is 0 Å². The van der Waals surface area contributed by atoms with Crippen LogP contribution in [-0.4, -0.2) is 67.2 Å². The van der Waals surface area contributed by atoms with Crippen molar-refractivity contribution < 1.29 is 18.0 Å². The molecule has 0 aliphatic carbocycles. The lowest BCUT2D eigenvalue weighted by Crippen LogP contribution is -2.51. The molecule has 7 heteroatoms. The maximum Gasteiger partial charge on any atom is 0.312 e. The molecule has 2 amide bonds. The minimum atomic E-state index is -3.05. The normalized spacial score (nSPS) is 29.2. The minimum absolute atomic E-state index is 0.0297. The molecule has 2 fully saturated rings. The summed E-state index contributed by atoms with van der Waals surface area (Å²) in [4.78, 5) is 27.4. The van der Waals surface area contributed by atoms with Crippen LogP contribution in [0.15, 0.2) is 0 Å². The van der Waals surface area contributed by atoms with Crippen LogP contribution < -0.4 is 0 Å². The van der Waals surface area contributed by atoms with Gasteiger partial charge in [-0.1, -0.05) is 0 Å². The van der Waals surface area contributed by atoms with Crippen molar-refractivity contribution in [2.24, 2.45) is 0 Å². The van der Waals surface area contributed by atoms with Crippen molar-refractivity contribution in [2.75, 3.05) is 25.1 Å². The SMILES string of the molecule is CC1CCCCN1C(=O)C(=O)N(C)C1CCS(=O)(=O)C1. The summed E-state index contributed by atoms with van der Waals surface area (Å²) in [6.45, 7) is 2.56. The zero-order valence-electron chi connectivity index (χ0n) is 12.0. The van der Waals surface area contributed by atoms with E-state index in [1.165, 1.54) is 11.9 Å². The average Bonchev–Trinajstić information content (AvgIpc) is 2.77. The maximum atomic E-state index is 12.3. The second-order valence-electron chi connectivity index (χ2n) is 5.82. The molecule has 20 heavy (non-hydrogen) atoms. The molecule has 2 saturated heterocycles. The van der Waals surface area contributed by atoms with Gasteiger partial charge in [0.2, 0.25) is 0 Å². The van der Waals surface area contributed by atoms with Crippen molar-refractivity contribution in [1.29, 1.82) is 0 Å². The highest BCUT2D eigenvalue weighted by Gasteiger charge is 2.37. The van der Waals surface area contributed by atoms with Crippen LogP contribution in [0.5, 0.6) is 0 Å². The van der Waals surface area contributed by atoms with E-state index < -0.39 is 21.7 Å². The van der Waals surface area contributed by atoms with Crippen LogP contribution in [0.3, 0.4) is 0 Å². The quantitative estimate of drug-likeness (QED) is 0.641. The average molecular weight is 302 g/mol. The first kappa shape index (κ1) is 15.3. The highest BCUT2D eigenvalue weighted by Crippen LogP contribution is 2.20. The predicted octanol–water partition coefficient (Wildman–Crippen LogP) is 0.0329. The second-order valence-corrected chi connectivity index (χ2v) is 8.04. The minimum Gasteiger partial charge on any atom is -0.333 e. The van der Waals surface area contributed by atoms with Gasteiger partial charge in [-0.25, -0.2) is 8.42 Å². The lowest BCUT2D eigenvalue weighted by molar-refractivity contribution is -0.154. The number of rotatable bonds is 1. The topological polar surface area (TPSA) is 74.8 Å². The maximum absolute atomic E-state index is 12.3. The standard InChI is InChI=1S/C13H22N2O4S/c1-10-5-3-4-7-15(10)13(17)12(16)14(2)11-6-8-20(18,19)9-11/h10-11H,3-9H2,1-2H3. The summed E-state index contributed by atoms with van der Waals surface area (Å²) in [5.41, 5.74) is 0. The Morgan fingerprint density at radius 3 is 2.45 bits per heavy atom. The smallest absolute Gasteiger partial charge is 0.312 e. The molecule has 2 rings (SSSR count). The zero-order valence-corrected chi connectivity index (χ0v) is 12.9. The first-order valence-electron chi connectivity index (χ1n) is 7.10. The molecule has 0 spiro atoms. The number of amides is 2. The Balaban J connectivity index is 2.01. The van der Waals surface area contributed by atoms with Crippen LogP contribution in [0.25, 0.3) is 0 Å². The van der Waals surface area contributed by atoms with Crippen LogP contribution >= 0.6 is 0 Å². The third-order valence-corrected chi connectivity index (χ3v) is 6.07. The van der Waals surface area contributed by atoms with Crippen LogP contribution in [0.2, 0.25) is 0 Å². The number of likely N-dealkylation sites (N-methyl/N-ethyl adjacent to an activating group) is 1.